The maximum Gasteiger partial charge on any atom is 0.216 e. The lowest BCUT2D eigenvalue weighted by Crippen LogP contribution is -2.20. The third-order valence-corrected chi connectivity index (χ3v) is 6.40. The second kappa shape index (κ2) is 26.5. The van der Waals surface area contributed by atoms with Crippen LogP contribution in [0, 0.1) is 0 Å². The molecule has 1 N–H and O–H groups in total. The molecule has 0 saturated carbocycles. The van der Waals surface area contributed by atoms with E-state index in [1.807, 2.05) is 0 Å². The van der Waals surface area contributed by atoms with Crippen LogP contribution in [-0.4, -0.2) is 12.5 Å². The van der Waals surface area contributed by atoms with Gasteiger partial charge in [0.1, 0.15) is 0 Å². The van der Waals surface area contributed by atoms with E-state index in [0.717, 1.165) is 13.0 Å². The van der Waals surface area contributed by atoms with Crippen molar-refractivity contribution < 1.29 is 4.79 Å². The van der Waals surface area contributed by atoms with Gasteiger partial charge in [-0.25, -0.2) is 0 Å². The molecule has 0 aliphatic heterocycles. The van der Waals surface area contributed by atoms with Gasteiger partial charge in [-0.1, -0.05) is 155 Å². The zero-order valence-electron chi connectivity index (χ0n) is 21.1. The standard InChI is InChI=1S/C28H57NO/c1-3-4-5-6-7-8-9-10-11-12-13-14-15-16-17-18-19-20-21-22-23-24-25-26-27-29-28(2)30/h3-27H2,1-2H3,(H,29,30). The van der Waals surface area contributed by atoms with Crippen LogP contribution in [0.4, 0.5) is 0 Å². The first-order valence-corrected chi connectivity index (χ1v) is 14.0. The lowest BCUT2D eigenvalue weighted by molar-refractivity contribution is -0.118. The van der Waals surface area contributed by atoms with Crippen LogP contribution in [0.1, 0.15) is 168 Å². The highest BCUT2D eigenvalue weighted by molar-refractivity contribution is 5.72. The minimum Gasteiger partial charge on any atom is -0.356 e. The van der Waals surface area contributed by atoms with Crippen molar-refractivity contribution >= 4 is 5.91 Å². The van der Waals surface area contributed by atoms with E-state index in [0.29, 0.717) is 0 Å². The Labute approximate surface area is 190 Å². The molecule has 0 unspecified atom stereocenters. The highest BCUT2D eigenvalue weighted by atomic mass is 16.1. The summed E-state index contributed by atoms with van der Waals surface area (Å²) in [5.41, 5.74) is 0. The van der Waals surface area contributed by atoms with Crippen molar-refractivity contribution in [2.45, 2.75) is 168 Å². The van der Waals surface area contributed by atoms with E-state index in [2.05, 4.69) is 12.2 Å². The molecule has 0 aliphatic carbocycles. The van der Waals surface area contributed by atoms with Crippen LogP contribution in [-0.2, 0) is 4.79 Å². The number of carbonyl (C=O) groups is 1. The van der Waals surface area contributed by atoms with Crippen molar-refractivity contribution in [3.63, 3.8) is 0 Å². The predicted octanol–water partition coefficient (Wildman–Crippen LogP) is 9.50. The molecule has 0 aromatic carbocycles. The summed E-state index contributed by atoms with van der Waals surface area (Å²) in [7, 11) is 0. The first-order valence-electron chi connectivity index (χ1n) is 14.0. The van der Waals surface area contributed by atoms with E-state index >= 15 is 0 Å². The fraction of sp³-hybridized carbons (Fsp3) is 0.964. The van der Waals surface area contributed by atoms with E-state index in [-0.39, 0.29) is 5.91 Å². The van der Waals surface area contributed by atoms with Crippen molar-refractivity contribution in [2.75, 3.05) is 6.54 Å². The first-order chi connectivity index (χ1) is 14.8. The summed E-state index contributed by atoms with van der Waals surface area (Å²) >= 11 is 0. The van der Waals surface area contributed by atoms with Crippen molar-refractivity contribution in [1.82, 2.24) is 5.32 Å². The Balaban J connectivity index is 2.99. The topological polar surface area (TPSA) is 29.1 Å². The third-order valence-electron chi connectivity index (χ3n) is 6.40. The van der Waals surface area contributed by atoms with Gasteiger partial charge in [-0.15, -0.1) is 0 Å². The Hall–Kier alpha value is -0.530. The molecule has 0 aromatic rings. The van der Waals surface area contributed by atoms with Gasteiger partial charge in [0, 0.05) is 13.5 Å². The molecule has 0 atom stereocenters. The SMILES string of the molecule is CCCCCCCCCCCCCCCCCCCCCCCCCCNC(C)=O. The molecular weight excluding hydrogens is 366 g/mol. The fourth-order valence-corrected chi connectivity index (χ4v) is 4.35. The maximum atomic E-state index is 10.8. The normalized spacial score (nSPS) is 11.1. The van der Waals surface area contributed by atoms with Crippen LogP contribution >= 0.6 is 0 Å². The summed E-state index contributed by atoms with van der Waals surface area (Å²) in [5, 5.41) is 2.87. The van der Waals surface area contributed by atoms with Crippen molar-refractivity contribution in [3.05, 3.63) is 0 Å². The minimum atomic E-state index is 0.101. The van der Waals surface area contributed by atoms with Crippen LogP contribution in [0.15, 0.2) is 0 Å². The second-order valence-corrected chi connectivity index (χ2v) is 9.61. The molecule has 0 rings (SSSR count). The van der Waals surface area contributed by atoms with Gasteiger partial charge in [0.05, 0.1) is 0 Å². The zero-order valence-corrected chi connectivity index (χ0v) is 21.1. The van der Waals surface area contributed by atoms with Crippen molar-refractivity contribution in [3.8, 4) is 0 Å². The molecule has 2 nitrogen and oxygen atoms in total. The molecule has 0 spiro atoms. The molecule has 2 heteroatoms. The summed E-state index contributed by atoms with van der Waals surface area (Å²) in [6.45, 7) is 4.75. The summed E-state index contributed by atoms with van der Waals surface area (Å²) in [5.74, 6) is 0.101. The quantitative estimate of drug-likeness (QED) is 0.145. The second-order valence-electron chi connectivity index (χ2n) is 9.61. The predicted molar refractivity (Wildman–Crippen MR) is 135 cm³/mol. The summed E-state index contributed by atoms with van der Waals surface area (Å²) in [6, 6.07) is 0. The average molecular weight is 424 g/mol. The van der Waals surface area contributed by atoms with Crippen LogP contribution in [0.2, 0.25) is 0 Å². The first kappa shape index (κ1) is 29.5. The maximum absolute atomic E-state index is 10.8. The van der Waals surface area contributed by atoms with E-state index < -0.39 is 0 Å². The minimum absolute atomic E-state index is 0.101. The molecule has 1 amide bonds. The summed E-state index contributed by atoms with van der Waals surface area (Å²) in [4.78, 5) is 10.8. The Morgan fingerprint density at radius 1 is 0.433 bits per heavy atom. The molecule has 30 heavy (non-hydrogen) atoms. The molecule has 0 aromatic heterocycles. The van der Waals surface area contributed by atoms with Crippen LogP contribution in [0.5, 0.6) is 0 Å². The Bertz CT molecular complexity index is 329. The van der Waals surface area contributed by atoms with Gasteiger partial charge in [0.2, 0.25) is 5.91 Å². The van der Waals surface area contributed by atoms with Gasteiger partial charge in [-0.3, -0.25) is 4.79 Å². The lowest BCUT2D eigenvalue weighted by Gasteiger charge is -2.04. The van der Waals surface area contributed by atoms with Gasteiger partial charge in [-0.2, -0.15) is 0 Å². The molecule has 180 valence electrons. The van der Waals surface area contributed by atoms with Crippen LogP contribution in [0.3, 0.4) is 0 Å². The number of hydrogen-bond acceptors (Lipinski definition) is 1. The van der Waals surface area contributed by atoms with Crippen molar-refractivity contribution in [1.29, 1.82) is 0 Å². The number of hydrogen-bond donors (Lipinski definition) is 1. The van der Waals surface area contributed by atoms with Gasteiger partial charge in [0.25, 0.3) is 0 Å². The van der Waals surface area contributed by atoms with E-state index in [4.69, 9.17) is 0 Å². The monoisotopic (exact) mass is 423 g/mol. The Morgan fingerprint density at radius 3 is 0.900 bits per heavy atom. The molecular formula is C28H57NO. The molecule has 0 bridgehead atoms. The summed E-state index contributed by atoms with van der Waals surface area (Å²) in [6.07, 6.45) is 34.2. The highest BCUT2D eigenvalue weighted by Gasteiger charge is 1.96. The Morgan fingerprint density at radius 2 is 0.667 bits per heavy atom. The number of amides is 1. The average Bonchev–Trinajstić information content (AvgIpc) is 2.73. The van der Waals surface area contributed by atoms with Gasteiger partial charge >= 0.3 is 0 Å². The van der Waals surface area contributed by atoms with Crippen molar-refractivity contribution in [2.24, 2.45) is 0 Å². The molecule has 0 heterocycles. The zero-order chi connectivity index (χ0) is 22.0. The smallest absolute Gasteiger partial charge is 0.216 e. The number of unbranched alkanes of at least 4 members (excludes halogenated alkanes) is 23. The number of rotatable bonds is 25. The highest BCUT2D eigenvalue weighted by Crippen LogP contribution is 2.15. The van der Waals surface area contributed by atoms with Crippen LogP contribution in [0.25, 0.3) is 0 Å². The lowest BCUT2D eigenvalue weighted by atomic mass is 10.0. The van der Waals surface area contributed by atoms with E-state index in [9.17, 15) is 4.79 Å². The third kappa shape index (κ3) is 27.5. The van der Waals surface area contributed by atoms with Crippen LogP contribution < -0.4 is 5.32 Å². The number of carbonyl (C=O) groups excluding carboxylic acids is 1. The Kier molecular flexibility index (Phi) is 26.0. The molecule has 0 aliphatic rings. The van der Waals surface area contributed by atoms with Gasteiger partial charge in [-0.05, 0) is 6.42 Å². The van der Waals surface area contributed by atoms with Gasteiger partial charge < -0.3 is 5.32 Å². The van der Waals surface area contributed by atoms with E-state index in [1.165, 1.54) is 148 Å². The van der Waals surface area contributed by atoms with Gasteiger partial charge in [0.15, 0.2) is 0 Å². The fourth-order valence-electron chi connectivity index (χ4n) is 4.35. The molecule has 0 fully saturated rings. The van der Waals surface area contributed by atoms with E-state index in [1.54, 1.807) is 6.92 Å². The number of nitrogens with one attached hydrogen (secondary N) is 1. The molecule has 0 radical (unpaired) electrons. The largest absolute Gasteiger partial charge is 0.356 e. The molecule has 0 saturated heterocycles. The summed E-state index contributed by atoms with van der Waals surface area (Å²) < 4.78 is 0.